The van der Waals surface area contributed by atoms with E-state index in [9.17, 15) is 0 Å². The van der Waals surface area contributed by atoms with Gasteiger partial charge in [-0.15, -0.1) is 0 Å². The lowest BCUT2D eigenvalue weighted by Crippen LogP contribution is -2.39. The van der Waals surface area contributed by atoms with E-state index in [4.69, 9.17) is 0 Å². The minimum atomic E-state index is 0.609. The molecule has 0 saturated carbocycles. The summed E-state index contributed by atoms with van der Waals surface area (Å²) in [6.45, 7) is 8.97. The molecule has 0 unspecified atom stereocenters. The third-order valence-electron chi connectivity index (χ3n) is 2.89. The summed E-state index contributed by atoms with van der Waals surface area (Å²) in [7, 11) is 4.10. The van der Waals surface area contributed by atoms with E-state index in [1.807, 2.05) is 14.1 Å². The van der Waals surface area contributed by atoms with Crippen molar-refractivity contribution >= 4 is 11.6 Å². The van der Waals surface area contributed by atoms with Crippen molar-refractivity contribution in [2.75, 3.05) is 32.1 Å². The van der Waals surface area contributed by atoms with Crippen LogP contribution in [0, 0.1) is 5.92 Å². The lowest BCUT2D eigenvalue weighted by Gasteiger charge is -2.14. The first-order chi connectivity index (χ1) is 9.52. The van der Waals surface area contributed by atoms with Crippen LogP contribution in [-0.4, -0.2) is 33.1 Å². The summed E-state index contributed by atoms with van der Waals surface area (Å²) in [4.78, 5) is 6.71. The Bertz CT molecular complexity index is 407. The quantitative estimate of drug-likeness (QED) is 0.619. The molecule has 0 aliphatic heterocycles. The average molecular weight is 276 g/mol. The highest BCUT2D eigenvalue weighted by molar-refractivity contribution is 5.79. The monoisotopic (exact) mass is 276 g/mol. The topological polar surface area (TPSA) is 39.7 Å². The number of aliphatic imine (C=N–C) groups is 1. The van der Waals surface area contributed by atoms with Gasteiger partial charge in [-0.3, -0.25) is 0 Å². The van der Waals surface area contributed by atoms with E-state index in [1.165, 1.54) is 11.3 Å². The van der Waals surface area contributed by atoms with Gasteiger partial charge in [0.1, 0.15) is 0 Å². The van der Waals surface area contributed by atoms with Gasteiger partial charge >= 0.3 is 0 Å². The van der Waals surface area contributed by atoms with Crippen molar-refractivity contribution in [2.45, 2.75) is 27.3 Å². The molecular weight excluding hydrogens is 248 g/mol. The maximum Gasteiger partial charge on any atom is 0.191 e. The Kier molecular flexibility index (Phi) is 6.91. The first kappa shape index (κ1) is 16.3. The fourth-order valence-electron chi connectivity index (χ4n) is 1.71. The first-order valence-electron chi connectivity index (χ1n) is 7.31. The van der Waals surface area contributed by atoms with E-state index >= 15 is 0 Å². The van der Waals surface area contributed by atoms with Gasteiger partial charge in [0.2, 0.25) is 0 Å². The fraction of sp³-hybridized carbons (Fsp3) is 0.562. The molecule has 0 aliphatic carbocycles. The summed E-state index contributed by atoms with van der Waals surface area (Å²) in [5, 5.41) is 6.62. The van der Waals surface area contributed by atoms with Gasteiger partial charge < -0.3 is 15.5 Å². The molecular formula is C16H28N4. The molecule has 20 heavy (non-hydrogen) atoms. The van der Waals surface area contributed by atoms with E-state index in [0.29, 0.717) is 12.5 Å². The minimum absolute atomic E-state index is 0.609. The highest BCUT2D eigenvalue weighted by atomic mass is 15.2. The van der Waals surface area contributed by atoms with E-state index in [-0.39, 0.29) is 0 Å². The van der Waals surface area contributed by atoms with Crippen molar-refractivity contribution in [1.82, 2.24) is 10.6 Å². The molecule has 0 radical (unpaired) electrons. The van der Waals surface area contributed by atoms with E-state index < -0.39 is 0 Å². The van der Waals surface area contributed by atoms with Crippen LogP contribution in [0.4, 0.5) is 5.69 Å². The number of guanidine groups is 1. The zero-order valence-corrected chi connectivity index (χ0v) is 13.4. The maximum atomic E-state index is 4.61. The van der Waals surface area contributed by atoms with Crippen LogP contribution >= 0.6 is 0 Å². The Morgan fingerprint density at radius 3 is 2.30 bits per heavy atom. The molecule has 4 heteroatoms. The van der Waals surface area contributed by atoms with Crippen LogP contribution in [-0.2, 0) is 6.54 Å². The van der Waals surface area contributed by atoms with Gasteiger partial charge in [0.05, 0.1) is 6.54 Å². The van der Waals surface area contributed by atoms with E-state index in [0.717, 1.165) is 19.0 Å². The Labute approximate surface area is 123 Å². The van der Waals surface area contributed by atoms with Gasteiger partial charge in [0, 0.05) is 32.9 Å². The summed E-state index contributed by atoms with van der Waals surface area (Å²) in [5.74, 6) is 1.50. The SMILES string of the molecule is CCNC(=NCc1ccc(N(C)C)cc1)NCC(C)C. The first-order valence-corrected chi connectivity index (χ1v) is 7.31. The summed E-state index contributed by atoms with van der Waals surface area (Å²) in [6.07, 6.45) is 0. The number of rotatable bonds is 6. The molecule has 0 spiro atoms. The van der Waals surface area contributed by atoms with E-state index in [2.05, 4.69) is 65.6 Å². The van der Waals surface area contributed by atoms with E-state index in [1.54, 1.807) is 0 Å². The largest absolute Gasteiger partial charge is 0.378 e. The van der Waals surface area contributed by atoms with Crippen molar-refractivity contribution in [2.24, 2.45) is 10.9 Å². The summed E-state index contributed by atoms with van der Waals surface area (Å²) < 4.78 is 0. The van der Waals surface area contributed by atoms with Crippen molar-refractivity contribution in [1.29, 1.82) is 0 Å². The third kappa shape index (κ3) is 5.95. The number of nitrogens with one attached hydrogen (secondary N) is 2. The number of hydrogen-bond donors (Lipinski definition) is 2. The molecule has 2 N–H and O–H groups in total. The molecule has 0 heterocycles. The van der Waals surface area contributed by atoms with Gasteiger partial charge in [-0.05, 0) is 30.5 Å². The smallest absolute Gasteiger partial charge is 0.191 e. The summed E-state index contributed by atoms with van der Waals surface area (Å²) in [6, 6.07) is 8.51. The highest BCUT2D eigenvalue weighted by Gasteiger charge is 2.00. The molecule has 0 amide bonds. The van der Waals surface area contributed by atoms with Gasteiger partial charge in [0.15, 0.2) is 5.96 Å². The molecule has 4 nitrogen and oxygen atoms in total. The van der Waals surface area contributed by atoms with Gasteiger partial charge in [-0.1, -0.05) is 26.0 Å². The van der Waals surface area contributed by atoms with Gasteiger partial charge in [-0.25, -0.2) is 4.99 Å². The maximum absolute atomic E-state index is 4.61. The predicted octanol–water partition coefficient (Wildman–Crippen LogP) is 2.46. The molecule has 0 saturated heterocycles. The molecule has 1 aromatic rings. The lowest BCUT2D eigenvalue weighted by molar-refractivity contribution is 0.615. The van der Waals surface area contributed by atoms with Crippen molar-refractivity contribution in [3.05, 3.63) is 29.8 Å². The van der Waals surface area contributed by atoms with Crippen LogP contribution < -0.4 is 15.5 Å². The predicted molar refractivity (Wildman–Crippen MR) is 88.4 cm³/mol. The molecule has 0 fully saturated rings. The number of benzene rings is 1. The Hall–Kier alpha value is -1.71. The van der Waals surface area contributed by atoms with Crippen molar-refractivity contribution in [3.63, 3.8) is 0 Å². The molecule has 0 aromatic heterocycles. The molecule has 1 aromatic carbocycles. The molecule has 112 valence electrons. The van der Waals surface area contributed by atoms with Crippen LogP contribution in [0.3, 0.4) is 0 Å². The molecule has 0 bridgehead atoms. The van der Waals surface area contributed by atoms with Crippen LogP contribution in [0.15, 0.2) is 29.3 Å². The van der Waals surface area contributed by atoms with Crippen LogP contribution in [0.2, 0.25) is 0 Å². The number of anilines is 1. The molecule has 0 aliphatic rings. The Morgan fingerprint density at radius 1 is 1.15 bits per heavy atom. The van der Waals surface area contributed by atoms with Crippen molar-refractivity contribution < 1.29 is 0 Å². The highest BCUT2D eigenvalue weighted by Crippen LogP contribution is 2.12. The second-order valence-corrected chi connectivity index (χ2v) is 5.53. The molecule has 1 rings (SSSR count). The minimum Gasteiger partial charge on any atom is -0.378 e. The van der Waals surface area contributed by atoms with Crippen LogP contribution in [0.5, 0.6) is 0 Å². The average Bonchev–Trinajstić information content (AvgIpc) is 2.42. The lowest BCUT2D eigenvalue weighted by atomic mass is 10.2. The Morgan fingerprint density at radius 2 is 1.80 bits per heavy atom. The van der Waals surface area contributed by atoms with Crippen LogP contribution in [0.25, 0.3) is 0 Å². The van der Waals surface area contributed by atoms with Gasteiger partial charge in [-0.2, -0.15) is 0 Å². The standard InChI is InChI=1S/C16H28N4/c1-6-17-16(18-11-13(2)3)19-12-14-7-9-15(10-8-14)20(4)5/h7-10,13H,6,11-12H2,1-5H3,(H2,17,18,19). The number of nitrogens with zero attached hydrogens (tertiary/aromatic N) is 2. The fourth-order valence-corrected chi connectivity index (χ4v) is 1.71. The van der Waals surface area contributed by atoms with Gasteiger partial charge in [0.25, 0.3) is 0 Å². The Balaban J connectivity index is 2.61. The second-order valence-electron chi connectivity index (χ2n) is 5.53. The zero-order valence-electron chi connectivity index (χ0n) is 13.4. The second kappa shape index (κ2) is 8.46. The summed E-state index contributed by atoms with van der Waals surface area (Å²) >= 11 is 0. The number of hydrogen-bond acceptors (Lipinski definition) is 2. The van der Waals surface area contributed by atoms with Crippen molar-refractivity contribution in [3.8, 4) is 0 Å². The molecule has 0 atom stereocenters. The van der Waals surface area contributed by atoms with Crippen LogP contribution in [0.1, 0.15) is 26.3 Å². The normalized spacial score (nSPS) is 11.6. The summed E-state index contributed by atoms with van der Waals surface area (Å²) in [5.41, 5.74) is 2.43. The third-order valence-corrected chi connectivity index (χ3v) is 2.89. The zero-order chi connectivity index (χ0) is 15.0.